The fourth-order valence-electron chi connectivity index (χ4n) is 2.96. The van der Waals surface area contributed by atoms with Crippen LogP contribution in [0.25, 0.3) is 11.4 Å². The van der Waals surface area contributed by atoms with Crippen LogP contribution >= 0.6 is 0 Å². The van der Waals surface area contributed by atoms with Crippen LogP contribution in [0.5, 0.6) is 0 Å². The highest BCUT2D eigenvalue weighted by Gasteiger charge is 2.28. The van der Waals surface area contributed by atoms with E-state index >= 15 is 0 Å². The number of aromatic nitrogens is 2. The molecule has 1 saturated heterocycles. The van der Waals surface area contributed by atoms with Crippen LogP contribution in [-0.2, 0) is 4.79 Å². The number of amides is 3. The predicted octanol–water partition coefficient (Wildman–Crippen LogP) is 2.37. The Kier molecular flexibility index (Phi) is 5.73. The molecule has 0 aliphatic carbocycles. The Labute approximate surface area is 158 Å². The molecule has 0 unspecified atom stereocenters. The average molecular weight is 371 g/mol. The van der Waals surface area contributed by atoms with Gasteiger partial charge in [-0.1, -0.05) is 41.9 Å². The Morgan fingerprint density at radius 3 is 2.70 bits per heavy atom. The smallest absolute Gasteiger partial charge is 0.318 e. The molecule has 8 heteroatoms. The fourth-order valence-corrected chi connectivity index (χ4v) is 2.96. The first-order valence-corrected chi connectivity index (χ1v) is 9.21. The Morgan fingerprint density at radius 1 is 1.30 bits per heavy atom. The molecule has 8 nitrogen and oxygen atoms in total. The van der Waals surface area contributed by atoms with Crippen LogP contribution < -0.4 is 5.32 Å². The summed E-state index contributed by atoms with van der Waals surface area (Å²) in [4.78, 5) is 32.2. The largest absolute Gasteiger partial charge is 0.339 e. The number of urea groups is 1. The predicted molar refractivity (Wildman–Crippen MR) is 99.9 cm³/mol. The van der Waals surface area contributed by atoms with E-state index in [1.165, 1.54) is 4.90 Å². The molecule has 1 aromatic heterocycles. The summed E-state index contributed by atoms with van der Waals surface area (Å²) in [5.41, 5.74) is 2.00. The van der Waals surface area contributed by atoms with Crippen LogP contribution in [-0.4, -0.2) is 58.1 Å². The van der Waals surface area contributed by atoms with E-state index in [9.17, 15) is 9.59 Å². The van der Waals surface area contributed by atoms with Gasteiger partial charge < -0.3 is 19.6 Å². The minimum Gasteiger partial charge on any atom is -0.339 e. The fraction of sp³-hybridized carbons (Fsp3) is 0.474. The molecule has 1 aliphatic heterocycles. The molecule has 2 aromatic rings. The molecular weight excluding hydrogens is 346 g/mol. The van der Waals surface area contributed by atoms with Gasteiger partial charge in [0.25, 0.3) is 0 Å². The molecule has 1 aromatic carbocycles. The van der Waals surface area contributed by atoms with Crippen molar-refractivity contribution in [2.75, 3.05) is 26.2 Å². The van der Waals surface area contributed by atoms with E-state index in [1.807, 2.05) is 38.1 Å². The number of aryl methyl sites for hydroxylation is 1. The van der Waals surface area contributed by atoms with E-state index in [-0.39, 0.29) is 18.5 Å². The molecule has 1 fully saturated rings. The summed E-state index contributed by atoms with van der Waals surface area (Å²) in [5.74, 6) is 0.787. The van der Waals surface area contributed by atoms with Crippen molar-refractivity contribution >= 4 is 11.9 Å². The zero-order valence-electron chi connectivity index (χ0n) is 15.9. The Balaban J connectivity index is 1.59. The van der Waals surface area contributed by atoms with Gasteiger partial charge in [0, 0.05) is 25.2 Å². The second kappa shape index (κ2) is 8.20. The van der Waals surface area contributed by atoms with Crippen LogP contribution in [0.1, 0.15) is 37.8 Å². The number of benzene rings is 1. The monoisotopic (exact) mass is 371 g/mol. The molecular formula is C19H25N5O3. The van der Waals surface area contributed by atoms with Crippen molar-refractivity contribution < 1.29 is 14.1 Å². The van der Waals surface area contributed by atoms with Crippen LogP contribution in [0.2, 0.25) is 0 Å². The molecule has 0 bridgehead atoms. The van der Waals surface area contributed by atoms with Crippen molar-refractivity contribution in [3.63, 3.8) is 0 Å². The van der Waals surface area contributed by atoms with Gasteiger partial charge in [0.1, 0.15) is 12.6 Å². The summed E-state index contributed by atoms with van der Waals surface area (Å²) < 4.78 is 5.30. The van der Waals surface area contributed by atoms with Gasteiger partial charge in [-0.15, -0.1) is 0 Å². The normalized spacial score (nSPS) is 15.7. The average Bonchev–Trinajstić information content (AvgIpc) is 3.14. The third kappa shape index (κ3) is 4.45. The number of nitrogens with one attached hydrogen (secondary N) is 1. The van der Waals surface area contributed by atoms with Crippen molar-refractivity contribution in [3.8, 4) is 11.4 Å². The lowest BCUT2D eigenvalue weighted by molar-refractivity contribution is -0.134. The Bertz CT molecular complexity index is 802. The van der Waals surface area contributed by atoms with Gasteiger partial charge in [0.05, 0.1) is 0 Å². The number of hydrogen-bond donors (Lipinski definition) is 1. The molecule has 0 radical (unpaired) electrons. The second-order valence-corrected chi connectivity index (χ2v) is 6.80. The third-order valence-electron chi connectivity index (χ3n) is 4.56. The Hall–Kier alpha value is -2.90. The quantitative estimate of drug-likeness (QED) is 0.871. The summed E-state index contributed by atoms with van der Waals surface area (Å²) in [6, 6.07) is 7.05. The van der Waals surface area contributed by atoms with Gasteiger partial charge in [0.2, 0.25) is 17.6 Å². The highest BCUT2D eigenvalue weighted by molar-refractivity contribution is 5.85. The summed E-state index contributed by atoms with van der Waals surface area (Å²) >= 11 is 0. The SMILES string of the molecule is CCCN1CCN(C(=O)N[C@H](C)c2nc(-c3ccc(C)cc3)no2)CC1=O. The molecule has 2 heterocycles. The van der Waals surface area contributed by atoms with E-state index in [0.29, 0.717) is 24.8 Å². The highest BCUT2D eigenvalue weighted by atomic mass is 16.5. The first kappa shape index (κ1) is 18.9. The summed E-state index contributed by atoms with van der Waals surface area (Å²) in [7, 11) is 0. The first-order chi connectivity index (χ1) is 13.0. The highest BCUT2D eigenvalue weighted by Crippen LogP contribution is 2.19. The van der Waals surface area contributed by atoms with E-state index in [4.69, 9.17) is 4.52 Å². The maximum Gasteiger partial charge on any atom is 0.318 e. The summed E-state index contributed by atoms with van der Waals surface area (Å²) in [6.07, 6.45) is 0.912. The molecule has 1 atom stereocenters. The summed E-state index contributed by atoms with van der Waals surface area (Å²) in [6.45, 7) is 7.72. The molecule has 0 spiro atoms. The summed E-state index contributed by atoms with van der Waals surface area (Å²) in [5, 5.41) is 6.81. The number of rotatable bonds is 5. The van der Waals surface area contributed by atoms with Crippen LogP contribution in [0.3, 0.4) is 0 Å². The maximum absolute atomic E-state index is 12.5. The minimum atomic E-state index is -0.451. The topological polar surface area (TPSA) is 91.6 Å². The molecule has 27 heavy (non-hydrogen) atoms. The second-order valence-electron chi connectivity index (χ2n) is 6.80. The van der Waals surface area contributed by atoms with Gasteiger partial charge in [-0.3, -0.25) is 4.79 Å². The molecule has 1 N–H and O–H groups in total. The van der Waals surface area contributed by atoms with Gasteiger partial charge in [0.15, 0.2) is 0 Å². The Morgan fingerprint density at radius 2 is 2.04 bits per heavy atom. The number of carbonyl (C=O) groups excluding carboxylic acids is 2. The van der Waals surface area contributed by atoms with E-state index < -0.39 is 6.04 Å². The lowest BCUT2D eigenvalue weighted by atomic mass is 10.1. The van der Waals surface area contributed by atoms with Crippen molar-refractivity contribution in [3.05, 3.63) is 35.7 Å². The first-order valence-electron chi connectivity index (χ1n) is 9.21. The third-order valence-corrected chi connectivity index (χ3v) is 4.56. The van der Waals surface area contributed by atoms with Crippen molar-refractivity contribution in [2.45, 2.75) is 33.2 Å². The zero-order chi connectivity index (χ0) is 19.4. The van der Waals surface area contributed by atoms with Crippen molar-refractivity contribution in [1.29, 1.82) is 0 Å². The molecule has 3 rings (SSSR count). The zero-order valence-corrected chi connectivity index (χ0v) is 15.9. The standard InChI is InChI=1S/C19H25N5O3/c1-4-9-23-10-11-24(12-16(23)25)19(26)20-14(3)18-21-17(22-27-18)15-7-5-13(2)6-8-15/h5-8,14H,4,9-12H2,1-3H3,(H,20,26)/t14-/m1/s1. The lowest BCUT2D eigenvalue weighted by Crippen LogP contribution is -2.54. The molecule has 144 valence electrons. The number of nitrogens with zero attached hydrogens (tertiary/aromatic N) is 4. The molecule has 0 saturated carbocycles. The lowest BCUT2D eigenvalue weighted by Gasteiger charge is -2.34. The van der Waals surface area contributed by atoms with Gasteiger partial charge in [-0.2, -0.15) is 4.98 Å². The number of hydrogen-bond acceptors (Lipinski definition) is 5. The van der Waals surface area contributed by atoms with Crippen LogP contribution in [0.4, 0.5) is 4.79 Å². The maximum atomic E-state index is 12.5. The van der Waals surface area contributed by atoms with E-state index in [0.717, 1.165) is 24.1 Å². The van der Waals surface area contributed by atoms with Crippen molar-refractivity contribution in [1.82, 2.24) is 25.3 Å². The molecule has 1 aliphatic rings. The van der Waals surface area contributed by atoms with Crippen LogP contribution in [0, 0.1) is 6.92 Å². The van der Waals surface area contributed by atoms with E-state index in [2.05, 4.69) is 15.5 Å². The number of piperazine rings is 1. The van der Waals surface area contributed by atoms with E-state index in [1.54, 1.807) is 11.8 Å². The number of carbonyl (C=O) groups is 2. The minimum absolute atomic E-state index is 0.0228. The van der Waals surface area contributed by atoms with Gasteiger partial charge in [-0.25, -0.2) is 4.79 Å². The van der Waals surface area contributed by atoms with Crippen LogP contribution in [0.15, 0.2) is 28.8 Å². The van der Waals surface area contributed by atoms with Crippen molar-refractivity contribution in [2.24, 2.45) is 0 Å². The van der Waals surface area contributed by atoms with Gasteiger partial charge >= 0.3 is 6.03 Å². The van der Waals surface area contributed by atoms with Gasteiger partial charge in [-0.05, 0) is 20.3 Å². The molecule has 3 amide bonds.